The van der Waals surface area contributed by atoms with Crippen molar-refractivity contribution in [3.63, 3.8) is 0 Å². The molecule has 1 aromatic carbocycles. The van der Waals surface area contributed by atoms with Gasteiger partial charge in [-0.25, -0.2) is 4.79 Å². The van der Waals surface area contributed by atoms with E-state index >= 15 is 0 Å². The Bertz CT molecular complexity index is 1110. The number of ether oxygens (including phenoxy) is 4. The maximum atomic E-state index is 13.5. The molecule has 34 heavy (non-hydrogen) atoms. The molecular weight excluding hydrogens is 440 g/mol. The Kier molecular flexibility index (Phi) is 6.92. The highest BCUT2D eigenvalue weighted by Gasteiger charge is 2.31. The second-order valence-electron chi connectivity index (χ2n) is 8.48. The molecule has 0 saturated carbocycles. The van der Waals surface area contributed by atoms with E-state index in [1.807, 2.05) is 6.92 Å². The number of aromatic nitrogens is 1. The molecule has 1 amide bonds. The second-order valence-corrected chi connectivity index (χ2v) is 8.48. The van der Waals surface area contributed by atoms with Crippen LogP contribution in [-0.4, -0.2) is 66.8 Å². The highest BCUT2D eigenvalue weighted by Crippen LogP contribution is 2.33. The summed E-state index contributed by atoms with van der Waals surface area (Å²) in [7, 11) is 1.32. The fourth-order valence-corrected chi connectivity index (χ4v) is 4.78. The summed E-state index contributed by atoms with van der Waals surface area (Å²) in [4.78, 5) is 40.9. The molecule has 1 unspecified atom stereocenters. The molecule has 0 spiro atoms. The standard InChI is InChI=1S/C25H30N2O7/c1-5-27-16(3)22(15(2)23(27)25(30)31-4)19(28)13-26(12-18-7-6-10-32-18)24(29)17-8-9-20-21(11-17)34-14-33-20/h8-9,11,18H,5-7,10,12-14H2,1-4H3. The lowest BCUT2D eigenvalue weighted by Gasteiger charge is -2.25. The lowest BCUT2D eigenvalue weighted by Crippen LogP contribution is -2.41. The van der Waals surface area contributed by atoms with Crippen molar-refractivity contribution in [2.24, 2.45) is 0 Å². The first-order valence-corrected chi connectivity index (χ1v) is 11.5. The lowest BCUT2D eigenvalue weighted by molar-refractivity contribution is 0.0506. The first-order valence-electron chi connectivity index (χ1n) is 11.5. The van der Waals surface area contributed by atoms with Crippen molar-refractivity contribution < 1.29 is 33.3 Å². The molecule has 0 bridgehead atoms. The Morgan fingerprint density at radius 2 is 1.94 bits per heavy atom. The Hall–Kier alpha value is -3.33. The maximum absolute atomic E-state index is 13.5. The van der Waals surface area contributed by atoms with E-state index in [1.165, 1.54) is 12.0 Å². The first-order chi connectivity index (χ1) is 16.3. The van der Waals surface area contributed by atoms with Crippen LogP contribution in [0.4, 0.5) is 0 Å². The van der Waals surface area contributed by atoms with E-state index in [1.54, 1.807) is 36.6 Å². The highest BCUT2D eigenvalue weighted by molar-refractivity contribution is 6.06. The van der Waals surface area contributed by atoms with Crippen molar-refractivity contribution in [3.05, 3.63) is 46.3 Å². The third-order valence-corrected chi connectivity index (χ3v) is 6.43. The van der Waals surface area contributed by atoms with Crippen LogP contribution in [0.2, 0.25) is 0 Å². The van der Waals surface area contributed by atoms with Gasteiger partial charge in [0.2, 0.25) is 6.79 Å². The van der Waals surface area contributed by atoms with Gasteiger partial charge in [0.05, 0.1) is 19.8 Å². The van der Waals surface area contributed by atoms with Gasteiger partial charge in [-0.15, -0.1) is 0 Å². The van der Waals surface area contributed by atoms with Gasteiger partial charge in [0.1, 0.15) is 5.69 Å². The number of hydrogen-bond donors (Lipinski definition) is 0. The van der Waals surface area contributed by atoms with Gasteiger partial charge in [-0.1, -0.05) is 0 Å². The van der Waals surface area contributed by atoms with Crippen molar-refractivity contribution in [2.75, 3.05) is 33.6 Å². The minimum Gasteiger partial charge on any atom is -0.464 e. The van der Waals surface area contributed by atoms with Crippen LogP contribution in [0, 0.1) is 13.8 Å². The van der Waals surface area contributed by atoms with E-state index in [4.69, 9.17) is 18.9 Å². The van der Waals surface area contributed by atoms with Crippen molar-refractivity contribution >= 4 is 17.7 Å². The highest BCUT2D eigenvalue weighted by atomic mass is 16.7. The van der Waals surface area contributed by atoms with Crippen molar-refractivity contribution in [1.29, 1.82) is 0 Å². The monoisotopic (exact) mass is 470 g/mol. The smallest absolute Gasteiger partial charge is 0.354 e. The Morgan fingerprint density at radius 3 is 2.62 bits per heavy atom. The molecule has 182 valence electrons. The van der Waals surface area contributed by atoms with E-state index in [0.717, 1.165) is 12.8 Å². The first kappa shape index (κ1) is 23.8. The molecule has 1 saturated heterocycles. The Morgan fingerprint density at radius 1 is 1.18 bits per heavy atom. The fraction of sp³-hybridized carbons (Fsp3) is 0.480. The Balaban J connectivity index is 1.64. The van der Waals surface area contributed by atoms with Gasteiger partial charge >= 0.3 is 5.97 Å². The van der Waals surface area contributed by atoms with Crippen LogP contribution in [0.25, 0.3) is 0 Å². The number of Topliss-reactive ketones (excluding diaryl/α,β-unsaturated/α-hetero) is 1. The minimum atomic E-state index is -0.492. The molecule has 0 aliphatic carbocycles. The predicted octanol–water partition coefficient (Wildman–Crippen LogP) is 3.14. The van der Waals surface area contributed by atoms with Crippen molar-refractivity contribution in [1.82, 2.24) is 9.47 Å². The summed E-state index contributed by atoms with van der Waals surface area (Å²) < 4.78 is 23.2. The maximum Gasteiger partial charge on any atom is 0.354 e. The summed E-state index contributed by atoms with van der Waals surface area (Å²) in [5.41, 5.74) is 2.45. The number of nitrogens with zero attached hydrogens (tertiary/aromatic N) is 2. The number of esters is 1. The number of benzene rings is 1. The summed E-state index contributed by atoms with van der Waals surface area (Å²) >= 11 is 0. The van der Waals surface area contributed by atoms with Gasteiger partial charge in [0.25, 0.3) is 5.91 Å². The molecule has 0 radical (unpaired) electrons. The molecule has 2 aliphatic heterocycles. The molecular formula is C25H30N2O7. The van der Waals surface area contributed by atoms with Gasteiger partial charge in [0, 0.05) is 36.5 Å². The van der Waals surface area contributed by atoms with Crippen molar-refractivity contribution in [3.8, 4) is 11.5 Å². The molecule has 1 atom stereocenters. The van der Waals surface area contributed by atoms with E-state index in [-0.39, 0.29) is 31.1 Å². The van der Waals surface area contributed by atoms with Crippen LogP contribution >= 0.6 is 0 Å². The van der Waals surface area contributed by atoms with Gasteiger partial charge in [-0.3, -0.25) is 9.59 Å². The normalized spacial score (nSPS) is 16.5. The number of methoxy groups -OCH3 is 1. The zero-order valence-corrected chi connectivity index (χ0v) is 20.0. The number of carbonyl (C=O) groups excluding carboxylic acids is 3. The minimum absolute atomic E-state index is 0.112. The molecule has 2 aromatic rings. The average Bonchev–Trinajstić information content (AvgIpc) is 3.56. The largest absolute Gasteiger partial charge is 0.464 e. The second kappa shape index (κ2) is 9.89. The molecule has 3 heterocycles. The van der Waals surface area contributed by atoms with E-state index in [0.29, 0.717) is 59.3 Å². The van der Waals surface area contributed by atoms with Crippen LogP contribution in [0.3, 0.4) is 0 Å². The van der Waals surface area contributed by atoms with Crippen LogP contribution in [0.1, 0.15) is 62.2 Å². The summed E-state index contributed by atoms with van der Waals surface area (Å²) in [5, 5.41) is 0. The molecule has 9 nitrogen and oxygen atoms in total. The SMILES string of the molecule is CCn1c(C)c(C(=O)CN(CC2CCCO2)C(=O)c2ccc3c(c2)OCO3)c(C)c1C(=O)OC. The Labute approximate surface area is 198 Å². The van der Waals surface area contributed by atoms with E-state index in [2.05, 4.69) is 0 Å². The number of ketones is 1. The van der Waals surface area contributed by atoms with Gasteiger partial charge in [-0.2, -0.15) is 0 Å². The number of hydrogen-bond acceptors (Lipinski definition) is 7. The molecule has 1 aromatic heterocycles. The summed E-state index contributed by atoms with van der Waals surface area (Å²) in [6.45, 7) is 6.88. The number of carbonyl (C=O) groups is 3. The van der Waals surface area contributed by atoms with Gasteiger partial charge in [-0.05, 0) is 57.4 Å². The van der Waals surface area contributed by atoms with Gasteiger partial charge < -0.3 is 28.4 Å². The molecule has 0 N–H and O–H groups in total. The number of amides is 1. The zero-order chi connectivity index (χ0) is 24.4. The van der Waals surface area contributed by atoms with Crippen LogP contribution < -0.4 is 9.47 Å². The van der Waals surface area contributed by atoms with Crippen LogP contribution in [-0.2, 0) is 16.0 Å². The molecule has 2 aliphatic rings. The van der Waals surface area contributed by atoms with E-state index in [9.17, 15) is 14.4 Å². The summed E-state index contributed by atoms with van der Waals surface area (Å²) in [6, 6.07) is 5.00. The summed E-state index contributed by atoms with van der Waals surface area (Å²) in [5.74, 6) is 0.0682. The average molecular weight is 471 g/mol. The number of fused-ring (bicyclic) bond motifs is 1. The third-order valence-electron chi connectivity index (χ3n) is 6.43. The quantitative estimate of drug-likeness (QED) is 0.432. The zero-order valence-electron chi connectivity index (χ0n) is 20.0. The van der Waals surface area contributed by atoms with Gasteiger partial charge in [0.15, 0.2) is 17.3 Å². The topological polar surface area (TPSA) is 96.3 Å². The van der Waals surface area contributed by atoms with Crippen LogP contribution in [0.15, 0.2) is 18.2 Å². The predicted molar refractivity (Wildman–Crippen MR) is 123 cm³/mol. The molecule has 4 rings (SSSR count). The number of rotatable bonds is 8. The fourth-order valence-electron chi connectivity index (χ4n) is 4.78. The van der Waals surface area contributed by atoms with Crippen molar-refractivity contribution in [2.45, 2.75) is 46.3 Å². The lowest BCUT2D eigenvalue weighted by atomic mass is 10.0. The van der Waals surface area contributed by atoms with E-state index < -0.39 is 5.97 Å². The summed E-state index contributed by atoms with van der Waals surface area (Å²) in [6.07, 6.45) is 1.62. The molecule has 9 heteroatoms. The molecule has 1 fully saturated rings. The van der Waals surface area contributed by atoms with Crippen LogP contribution in [0.5, 0.6) is 11.5 Å². The third kappa shape index (κ3) is 4.40.